The molecule has 1 aliphatic rings. The smallest absolute Gasteiger partial charge is 0.317 e. The number of nitrogens with one attached hydrogen (secondary N) is 1. The van der Waals surface area contributed by atoms with Crippen LogP contribution in [0.5, 0.6) is 5.75 Å². The van der Waals surface area contributed by atoms with Gasteiger partial charge in [-0.1, -0.05) is 25.1 Å². The first-order valence-electron chi connectivity index (χ1n) is 9.80. The number of nitrogens with zero attached hydrogens (tertiary/aromatic N) is 2. The zero-order chi connectivity index (χ0) is 20.9. The van der Waals surface area contributed by atoms with E-state index in [1.165, 1.54) is 0 Å². The summed E-state index contributed by atoms with van der Waals surface area (Å²) in [7, 11) is 3.44. The van der Waals surface area contributed by atoms with Gasteiger partial charge in [-0.05, 0) is 39.7 Å². The zero-order valence-electron chi connectivity index (χ0n) is 17.8. The first-order valence-corrected chi connectivity index (χ1v) is 10.7. The average molecular weight is 408 g/mol. The molecule has 0 spiro atoms. The predicted molar refractivity (Wildman–Crippen MR) is 115 cm³/mol. The number of ether oxygens (including phenoxy) is 1. The van der Waals surface area contributed by atoms with Gasteiger partial charge in [-0.25, -0.2) is 4.79 Å². The van der Waals surface area contributed by atoms with E-state index in [2.05, 4.69) is 5.32 Å². The molecule has 156 valence electrons. The molecule has 7 heteroatoms. The van der Waals surface area contributed by atoms with Crippen molar-refractivity contribution < 1.29 is 14.3 Å². The topological polar surface area (TPSA) is 61.9 Å². The van der Waals surface area contributed by atoms with Gasteiger partial charge in [0.05, 0.1) is 12.4 Å². The maximum atomic E-state index is 12.9. The molecule has 1 aromatic carbocycles. The fourth-order valence-electron chi connectivity index (χ4n) is 3.19. The number of methoxy groups -OCH3 is 1. The van der Waals surface area contributed by atoms with Gasteiger partial charge in [-0.2, -0.15) is 0 Å². The summed E-state index contributed by atoms with van der Waals surface area (Å²) in [4.78, 5) is 28.7. The second kappa shape index (κ2) is 9.54. The first-order chi connectivity index (χ1) is 13.2. The molecule has 1 aliphatic heterocycles. The van der Waals surface area contributed by atoms with Crippen LogP contribution in [-0.2, 0) is 4.79 Å². The predicted octanol–water partition coefficient (Wildman–Crippen LogP) is 3.88. The fourth-order valence-corrected chi connectivity index (χ4v) is 4.65. The summed E-state index contributed by atoms with van der Waals surface area (Å²) in [6, 6.07) is 7.78. The lowest BCUT2D eigenvalue weighted by molar-refractivity contribution is -0.130. The lowest BCUT2D eigenvalue weighted by atomic mass is 10.1. The molecule has 1 saturated heterocycles. The Hall–Kier alpha value is -1.89. The van der Waals surface area contributed by atoms with Gasteiger partial charge in [0, 0.05) is 31.2 Å². The highest BCUT2D eigenvalue weighted by molar-refractivity contribution is 8.01. The summed E-state index contributed by atoms with van der Waals surface area (Å²) in [6.45, 7) is 9.12. The Balaban J connectivity index is 2.04. The Morgan fingerprint density at radius 1 is 1.32 bits per heavy atom. The zero-order valence-corrected chi connectivity index (χ0v) is 18.6. The van der Waals surface area contributed by atoms with Crippen molar-refractivity contribution in [2.45, 2.75) is 56.7 Å². The van der Waals surface area contributed by atoms with Crippen LogP contribution in [-0.4, -0.2) is 59.8 Å². The van der Waals surface area contributed by atoms with Crippen LogP contribution in [0.1, 0.15) is 51.5 Å². The number of amides is 3. The van der Waals surface area contributed by atoms with Crippen LogP contribution in [0.4, 0.5) is 4.79 Å². The number of carbonyl (C=O) groups is 2. The summed E-state index contributed by atoms with van der Waals surface area (Å²) in [6.07, 6.45) is 1.53. The molecule has 0 aromatic heterocycles. The van der Waals surface area contributed by atoms with Crippen LogP contribution >= 0.6 is 11.8 Å². The Bertz CT molecular complexity index is 690. The van der Waals surface area contributed by atoms with Gasteiger partial charge in [-0.15, -0.1) is 11.8 Å². The van der Waals surface area contributed by atoms with Crippen molar-refractivity contribution in [3.05, 3.63) is 29.8 Å². The summed E-state index contributed by atoms with van der Waals surface area (Å²) in [5, 5.41) is 2.87. The minimum atomic E-state index is -0.268. The average Bonchev–Trinajstić information content (AvgIpc) is 2.96. The van der Waals surface area contributed by atoms with E-state index in [0.717, 1.165) is 24.2 Å². The van der Waals surface area contributed by atoms with E-state index in [-0.39, 0.29) is 28.1 Å². The SMILES string of the molecule is CC[C@H]1S[C@H](c2ccccc2OC)N(CCCN(C)C(=O)NC(C)(C)C)C1=O. The van der Waals surface area contributed by atoms with Gasteiger partial charge in [-0.3, -0.25) is 4.79 Å². The highest BCUT2D eigenvalue weighted by Crippen LogP contribution is 2.46. The van der Waals surface area contributed by atoms with E-state index in [9.17, 15) is 9.59 Å². The van der Waals surface area contributed by atoms with Gasteiger partial charge in [0.1, 0.15) is 11.1 Å². The number of urea groups is 1. The number of benzene rings is 1. The van der Waals surface area contributed by atoms with E-state index >= 15 is 0 Å². The van der Waals surface area contributed by atoms with Crippen LogP contribution in [0.25, 0.3) is 0 Å². The third-order valence-electron chi connectivity index (χ3n) is 4.63. The summed E-state index contributed by atoms with van der Waals surface area (Å²) in [5.41, 5.74) is 0.758. The monoisotopic (exact) mass is 407 g/mol. The maximum absolute atomic E-state index is 12.9. The van der Waals surface area contributed by atoms with Crippen molar-refractivity contribution in [2.75, 3.05) is 27.2 Å². The number of para-hydroxylation sites is 1. The van der Waals surface area contributed by atoms with Crippen LogP contribution in [0, 0.1) is 0 Å². The molecule has 2 rings (SSSR count). The molecule has 1 fully saturated rings. The van der Waals surface area contributed by atoms with Crippen molar-refractivity contribution in [1.29, 1.82) is 0 Å². The number of rotatable bonds is 7. The van der Waals surface area contributed by atoms with Crippen molar-refractivity contribution >= 4 is 23.7 Å². The lowest BCUT2D eigenvalue weighted by Crippen LogP contribution is -2.47. The molecule has 6 nitrogen and oxygen atoms in total. The molecular formula is C21H33N3O3S. The third kappa shape index (κ3) is 5.56. The minimum absolute atomic E-state index is 0.0307. The molecule has 0 saturated carbocycles. The van der Waals surface area contributed by atoms with E-state index in [1.807, 2.05) is 56.9 Å². The molecule has 0 unspecified atom stereocenters. The van der Waals surface area contributed by atoms with Gasteiger partial charge in [0.15, 0.2) is 0 Å². The van der Waals surface area contributed by atoms with Gasteiger partial charge >= 0.3 is 6.03 Å². The minimum Gasteiger partial charge on any atom is -0.496 e. The Labute approximate surface area is 173 Å². The second-order valence-electron chi connectivity index (χ2n) is 8.11. The summed E-state index contributed by atoms with van der Waals surface area (Å²) >= 11 is 1.69. The van der Waals surface area contributed by atoms with Gasteiger partial charge in [0.2, 0.25) is 5.91 Å². The van der Waals surface area contributed by atoms with Crippen molar-refractivity contribution in [3.63, 3.8) is 0 Å². The number of carbonyl (C=O) groups excluding carboxylic acids is 2. The Morgan fingerprint density at radius 2 is 2.00 bits per heavy atom. The van der Waals surface area contributed by atoms with Crippen LogP contribution in [0.15, 0.2) is 24.3 Å². The Kier molecular flexibility index (Phi) is 7.63. The number of hydrogen-bond donors (Lipinski definition) is 1. The van der Waals surface area contributed by atoms with Crippen molar-refractivity contribution in [2.24, 2.45) is 0 Å². The third-order valence-corrected chi connectivity index (χ3v) is 6.26. The molecule has 1 N–H and O–H groups in total. The van der Waals surface area contributed by atoms with Crippen molar-refractivity contribution in [1.82, 2.24) is 15.1 Å². The van der Waals surface area contributed by atoms with E-state index < -0.39 is 0 Å². The van der Waals surface area contributed by atoms with Crippen LogP contribution in [0.3, 0.4) is 0 Å². The van der Waals surface area contributed by atoms with E-state index in [0.29, 0.717) is 13.1 Å². The van der Waals surface area contributed by atoms with Gasteiger partial charge < -0.3 is 19.9 Å². The lowest BCUT2D eigenvalue weighted by Gasteiger charge is -2.28. The molecule has 3 amide bonds. The molecule has 2 atom stereocenters. The molecule has 0 bridgehead atoms. The molecule has 0 aliphatic carbocycles. The van der Waals surface area contributed by atoms with Crippen LogP contribution in [0.2, 0.25) is 0 Å². The second-order valence-corrected chi connectivity index (χ2v) is 9.40. The molecule has 1 aromatic rings. The quantitative estimate of drug-likeness (QED) is 0.745. The molecule has 0 radical (unpaired) electrons. The van der Waals surface area contributed by atoms with E-state index in [1.54, 1.807) is 30.8 Å². The largest absolute Gasteiger partial charge is 0.496 e. The van der Waals surface area contributed by atoms with Crippen molar-refractivity contribution in [3.8, 4) is 5.75 Å². The number of thioether (sulfide) groups is 1. The molecule has 1 heterocycles. The van der Waals surface area contributed by atoms with E-state index in [4.69, 9.17) is 4.74 Å². The normalized spacial score (nSPS) is 19.6. The summed E-state index contributed by atoms with van der Waals surface area (Å²) in [5.74, 6) is 0.974. The fraction of sp³-hybridized carbons (Fsp3) is 0.619. The Morgan fingerprint density at radius 3 is 2.61 bits per heavy atom. The standard InChI is InChI=1S/C21H33N3O3S/c1-7-17-18(25)24(14-10-13-23(5)20(26)22-21(2,3)4)19(28-17)15-11-8-9-12-16(15)27-6/h8-9,11-12,17,19H,7,10,13-14H2,1-6H3,(H,22,26)/t17-,19-/m1/s1. The highest BCUT2D eigenvalue weighted by Gasteiger charge is 2.40. The molecular weight excluding hydrogens is 374 g/mol. The summed E-state index contributed by atoms with van der Waals surface area (Å²) < 4.78 is 5.52. The molecule has 28 heavy (non-hydrogen) atoms. The van der Waals surface area contributed by atoms with Gasteiger partial charge in [0.25, 0.3) is 0 Å². The number of hydrogen-bond acceptors (Lipinski definition) is 4. The highest BCUT2D eigenvalue weighted by atomic mass is 32.2. The maximum Gasteiger partial charge on any atom is 0.317 e. The van der Waals surface area contributed by atoms with Crippen LogP contribution < -0.4 is 10.1 Å². The first kappa shape index (κ1) is 22.4.